The third-order valence-electron chi connectivity index (χ3n) is 6.17. The Kier molecular flexibility index (Phi) is 6.21. The molecule has 0 bridgehead atoms. The van der Waals surface area contributed by atoms with Gasteiger partial charge in [-0.2, -0.15) is 0 Å². The van der Waals surface area contributed by atoms with Gasteiger partial charge in [-0.3, -0.25) is 4.79 Å². The monoisotopic (exact) mass is 413 g/mol. The van der Waals surface area contributed by atoms with Crippen molar-refractivity contribution in [1.29, 1.82) is 0 Å². The highest BCUT2D eigenvalue weighted by atomic mass is 16.2. The highest BCUT2D eigenvalue weighted by Gasteiger charge is 2.52. The van der Waals surface area contributed by atoms with Crippen LogP contribution in [0.5, 0.6) is 0 Å². The maximum absolute atomic E-state index is 14.3. The zero-order valence-electron chi connectivity index (χ0n) is 18.7. The number of hydrogen-bond donors (Lipinski definition) is 0. The molecule has 0 aliphatic carbocycles. The summed E-state index contributed by atoms with van der Waals surface area (Å²) in [6.07, 6.45) is 1.72. The average molecular weight is 414 g/mol. The van der Waals surface area contributed by atoms with Crippen LogP contribution in [0.2, 0.25) is 0 Å². The van der Waals surface area contributed by atoms with Gasteiger partial charge in [0.25, 0.3) is 5.91 Å². The lowest BCUT2D eigenvalue weighted by atomic mass is 9.72. The van der Waals surface area contributed by atoms with Crippen molar-refractivity contribution in [3.63, 3.8) is 0 Å². The molecule has 160 valence electrons. The molecule has 4 heteroatoms. The summed E-state index contributed by atoms with van der Waals surface area (Å²) in [6.45, 7) is 1.62. The van der Waals surface area contributed by atoms with Crippen molar-refractivity contribution in [1.82, 2.24) is 9.91 Å². The minimum absolute atomic E-state index is 0.136. The van der Waals surface area contributed by atoms with Crippen molar-refractivity contribution in [2.45, 2.75) is 24.8 Å². The first-order valence-electron chi connectivity index (χ1n) is 10.9. The van der Waals surface area contributed by atoms with Crippen molar-refractivity contribution in [3.05, 3.63) is 102 Å². The van der Waals surface area contributed by atoms with Gasteiger partial charge in [-0.1, -0.05) is 78.9 Å². The molecule has 1 aliphatic heterocycles. The molecule has 0 spiro atoms. The molecular weight excluding hydrogens is 382 g/mol. The fraction of sp³-hybridized carbons (Fsp3) is 0.296. The van der Waals surface area contributed by atoms with Crippen LogP contribution in [0.4, 0.5) is 5.69 Å². The molecule has 0 fully saturated rings. The number of benzene rings is 3. The largest absolute Gasteiger partial charge is 0.309 e. The lowest BCUT2D eigenvalue weighted by Crippen LogP contribution is -2.48. The van der Waals surface area contributed by atoms with E-state index in [-0.39, 0.29) is 5.91 Å². The molecule has 1 heterocycles. The van der Waals surface area contributed by atoms with E-state index in [9.17, 15) is 4.79 Å². The molecule has 31 heavy (non-hydrogen) atoms. The van der Waals surface area contributed by atoms with Gasteiger partial charge in [-0.15, -0.1) is 0 Å². The number of hydrogen-bond acceptors (Lipinski definition) is 3. The fourth-order valence-electron chi connectivity index (χ4n) is 4.73. The van der Waals surface area contributed by atoms with E-state index in [1.54, 1.807) is 0 Å². The molecule has 0 aromatic heterocycles. The molecule has 0 unspecified atom stereocenters. The Hall–Kier alpha value is -2.95. The van der Waals surface area contributed by atoms with E-state index < -0.39 is 5.41 Å². The van der Waals surface area contributed by atoms with Crippen LogP contribution in [-0.4, -0.2) is 43.5 Å². The van der Waals surface area contributed by atoms with Gasteiger partial charge in [0.2, 0.25) is 0 Å². The van der Waals surface area contributed by atoms with Gasteiger partial charge >= 0.3 is 0 Å². The van der Waals surface area contributed by atoms with Crippen LogP contribution in [0.1, 0.15) is 29.5 Å². The highest BCUT2D eigenvalue weighted by molar-refractivity contribution is 6.09. The van der Waals surface area contributed by atoms with Gasteiger partial charge in [0.15, 0.2) is 0 Å². The van der Waals surface area contributed by atoms with Crippen LogP contribution in [0.3, 0.4) is 0 Å². The minimum Gasteiger partial charge on any atom is -0.309 e. The van der Waals surface area contributed by atoms with Gasteiger partial charge in [-0.25, -0.2) is 10.0 Å². The van der Waals surface area contributed by atoms with Crippen LogP contribution in [0, 0.1) is 0 Å². The molecule has 4 nitrogen and oxygen atoms in total. The molecule has 1 amide bonds. The number of nitrogens with zero attached hydrogens (tertiary/aromatic N) is 3. The molecule has 4 rings (SSSR count). The van der Waals surface area contributed by atoms with E-state index in [0.717, 1.165) is 36.2 Å². The van der Waals surface area contributed by atoms with Crippen molar-refractivity contribution in [2.24, 2.45) is 0 Å². The first kappa shape index (κ1) is 21.3. The Morgan fingerprint density at radius 1 is 0.806 bits per heavy atom. The van der Waals surface area contributed by atoms with E-state index in [1.165, 1.54) is 5.56 Å². The minimum atomic E-state index is -0.668. The molecule has 3 aromatic rings. The third kappa shape index (κ3) is 4.01. The van der Waals surface area contributed by atoms with Crippen LogP contribution >= 0.6 is 0 Å². The predicted molar refractivity (Wildman–Crippen MR) is 127 cm³/mol. The molecule has 1 aliphatic rings. The van der Waals surface area contributed by atoms with E-state index in [0.29, 0.717) is 6.54 Å². The zero-order chi connectivity index (χ0) is 21.8. The van der Waals surface area contributed by atoms with Gasteiger partial charge < -0.3 is 4.90 Å². The molecule has 3 aromatic carbocycles. The lowest BCUT2D eigenvalue weighted by molar-refractivity contribution is -0.124. The summed E-state index contributed by atoms with van der Waals surface area (Å²) in [6, 6.07) is 28.9. The summed E-state index contributed by atoms with van der Waals surface area (Å²) in [5.41, 5.74) is 3.67. The molecule has 0 saturated heterocycles. The van der Waals surface area contributed by atoms with Gasteiger partial charge in [0.05, 0.1) is 5.69 Å². The van der Waals surface area contributed by atoms with E-state index in [2.05, 4.69) is 61.5 Å². The summed E-state index contributed by atoms with van der Waals surface area (Å²) in [5, 5.41) is 3.94. The fourth-order valence-corrected chi connectivity index (χ4v) is 4.73. The second-order valence-corrected chi connectivity index (χ2v) is 8.61. The number of amides is 1. The van der Waals surface area contributed by atoms with Crippen LogP contribution in [0.25, 0.3) is 0 Å². The molecule has 1 atom stereocenters. The van der Waals surface area contributed by atoms with Crippen LogP contribution in [-0.2, 0) is 16.8 Å². The number of fused-ring (bicyclic) bond motifs is 1. The number of carbonyl (C=O) groups excluding carboxylic acids is 1. The first-order chi connectivity index (χ1) is 15.0. The third-order valence-corrected chi connectivity index (χ3v) is 6.17. The summed E-state index contributed by atoms with van der Waals surface area (Å²) in [5.74, 6) is 0.136. The van der Waals surface area contributed by atoms with E-state index in [4.69, 9.17) is 0 Å². The summed E-state index contributed by atoms with van der Waals surface area (Å²) in [7, 11) is 6.17. The second-order valence-electron chi connectivity index (χ2n) is 8.61. The highest BCUT2D eigenvalue weighted by Crippen LogP contribution is 2.49. The Morgan fingerprint density at radius 2 is 1.42 bits per heavy atom. The lowest BCUT2D eigenvalue weighted by Gasteiger charge is -2.33. The van der Waals surface area contributed by atoms with Gasteiger partial charge in [0, 0.05) is 13.6 Å². The van der Waals surface area contributed by atoms with Crippen molar-refractivity contribution >= 4 is 11.6 Å². The number of hydrazine groups is 1. The summed E-state index contributed by atoms with van der Waals surface area (Å²) in [4.78, 5) is 16.4. The van der Waals surface area contributed by atoms with Crippen molar-refractivity contribution in [2.75, 3.05) is 32.7 Å². The second kappa shape index (κ2) is 9.04. The molecule has 0 radical (unpaired) electrons. The molecular formula is C27H31N3O. The first-order valence-corrected chi connectivity index (χ1v) is 10.9. The SMILES string of the molecule is CN(C)CCC[C@]1(c2ccccc2)C(=O)N(N(C)Cc2ccccc2)c2ccccc21. The topological polar surface area (TPSA) is 26.8 Å². The number of rotatable bonds is 8. The zero-order valence-corrected chi connectivity index (χ0v) is 18.7. The van der Waals surface area contributed by atoms with E-state index in [1.807, 2.05) is 59.5 Å². The van der Waals surface area contributed by atoms with Crippen molar-refractivity contribution in [3.8, 4) is 0 Å². The number of anilines is 1. The van der Waals surface area contributed by atoms with Crippen LogP contribution < -0.4 is 5.01 Å². The maximum atomic E-state index is 14.3. The summed E-state index contributed by atoms with van der Waals surface area (Å²) < 4.78 is 0. The molecule has 0 N–H and O–H groups in total. The van der Waals surface area contributed by atoms with Gasteiger partial charge in [0.1, 0.15) is 5.41 Å². The number of carbonyl (C=O) groups is 1. The standard InChI is InChI=1S/C27H31N3O/c1-28(2)20-12-19-27(23-15-8-5-9-16-23)24-17-10-11-18-25(24)30(26(27)31)29(3)21-22-13-6-4-7-14-22/h4-11,13-18H,12,19-21H2,1-3H3/t27-/m1/s1. The van der Waals surface area contributed by atoms with Gasteiger partial charge in [-0.05, 0) is 56.2 Å². The predicted octanol–water partition coefficient (Wildman–Crippen LogP) is 4.71. The Labute approximate surface area is 185 Å². The quantitative estimate of drug-likeness (QED) is 0.535. The maximum Gasteiger partial charge on any atom is 0.256 e. The Morgan fingerprint density at radius 3 is 2.10 bits per heavy atom. The summed E-state index contributed by atoms with van der Waals surface area (Å²) >= 11 is 0. The van der Waals surface area contributed by atoms with Crippen molar-refractivity contribution < 1.29 is 4.79 Å². The smallest absolute Gasteiger partial charge is 0.256 e. The average Bonchev–Trinajstić information content (AvgIpc) is 3.03. The Bertz CT molecular complexity index is 1020. The van der Waals surface area contributed by atoms with Crippen LogP contribution in [0.15, 0.2) is 84.9 Å². The van der Waals surface area contributed by atoms with E-state index >= 15 is 0 Å². The number of para-hydroxylation sites is 1. The normalized spacial score (nSPS) is 18.1. The molecule has 0 saturated carbocycles. The Balaban J connectivity index is 1.77.